The third-order valence-corrected chi connectivity index (χ3v) is 7.60. The molecule has 2 aromatic rings. The van der Waals surface area contributed by atoms with Gasteiger partial charge >= 0.3 is 0 Å². The van der Waals surface area contributed by atoms with Gasteiger partial charge in [-0.3, -0.25) is 4.79 Å². The van der Waals surface area contributed by atoms with Gasteiger partial charge in [0.15, 0.2) is 0 Å². The first-order valence-electron chi connectivity index (χ1n) is 12.5. The maximum Gasteiger partial charge on any atom is 0.257 e. The van der Waals surface area contributed by atoms with Crippen LogP contribution in [0, 0.1) is 0 Å². The number of phenols is 1. The minimum absolute atomic E-state index is 0.0323. The Morgan fingerprint density at radius 2 is 1.86 bits per heavy atom. The van der Waals surface area contributed by atoms with E-state index in [4.69, 9.17) is 21.1 Å². The lowest BCUT2D eigenvalue weighted by molar-refractivity contribution is -0.00203. The zero-order valence-electron chi connectivity index (χ0n) is 19.9. The van der Waals surface area contributed by atoms with Crippen LogP contribution in [0.3, 0.4) is 0 Å². The highest BCUT2D eigenvalue weighted by molar-refractivity contribution is 6.30. The fourth-order valence-electron chi connectivity index (χ4n) is 5.44. The lowest BCUT2D eigenvalue weighted by atomic mass is 9.87. The van der Waals surface area contributed by atoms with E-state index in [9.17, 15) is 15.0 Å². The number of fused-ring (bicyclic) bond motifs is 1. The van der Waals surface area contributed by atoms with Crippen LogP contribution in [-0.4, -0.2) is 77.0 Å². The molecule has 35 heavy (non-hydrogen) atoms. The molecule has 1 spiro atoms. The molecule has 2 fully saturated rings. The van der Waals surface area contributed by atoms with Crippen molar-refractivity contribution in [1.82, 2.24) is 9.80 Å². The molecular formula is C27H33ClN2O5. The SMILES string of the molecule is O=C(c1ccc(O)cc1OC[C@H](O)CN1CCC2(CC1)Cc1cc(Cl)ccc1O2)N1CCCCC1. The van der Waals surface area contributed by atoms with E-state index in [1.807, 2.05) is 23.1 Å². The first-order valence-corrected chi connectivity index (χ1v) is 12.9. The molecule has 0 unspecified atom stereocenters. The van der Waals surface area contributed by atoms with Crippen molar-refractivity contribution in [1.29, 1.82) is 0 Å². The van der Waals surface area contributed by atoms with Crippen LogP contribution in [0.15, 0.2) is 36.4 Å². The molecule has 2 aromatic carbocycles. The van der Waals surface area contributed by atoms with E-state index in [-0.39, 0.29) is 23.9 Å². The van der Waals surface area contributed by atoms with Crippen LogP contribution in [0.2, 0.25) is 5.02 Å². The summed E-state index contributed by atoms with van der Waals surface area (Å²) >= 11 is 6.14. The van der Waals surface area contributed by atoms with Crippen molar-refractivity contribution in [3.63, 3.8) is 0 Å². The number of β-amino-alcohol motifs (C(OH)–C–C–N with tert-alkyl or cyclic N) is 1. The normalized spacial score (nSPS) is 20.3. The summed E-state index contributed by atoms with van der Waals surface area (Å²) in [5.41, 5.74) is 1.41. The molecule has 2 saturated heterocycles. The average molecular weight is 501 g/mol. The van der Waals surface area contributed by atoms with Gasteiger partial charge in [0.25, 0.3) is 5.91 Å². The number of halogens is 1. The van der Waals surface area contributed by atoms with Crippen LogP contribution >= 0.6 is 11.6 Å². The minimum Gasteiger partial charge on any atom is -0.508 e. The molecule has 0 radical (unpaired) electrons. The number of benzene rings is 2. The van der Waals surface area contributed by atoms with Crippen LogP contribution < -0.4 is 9.47 Å². The Hall–Kier alpha value is -2.48. The maximum absolute atomic E-state index is 13.0. The van der Waals surface area contributed by atoms with Crippen LogP contribution in [0.25, 0.3) is 0 Å². The zero-order chi connectivity index (χ0) is 24.4. The summed E-state index contributed by atoms with van der Waals surface area (Å²) in [5.74, 6) is 1.18. The van der Waals surface area contributed by atoms with Gasteiger partial charge < -0.3 is 29.5 Å². The zero-order valence-corrected chi connectivity index (χ0v) is 20.7. The number of amides is 1. The van der Waals surface area contributed by atoms with Crippen molar-refractivity contribution in [2.75, 3.05) is 39.3 Å². The van der Waals surface area contributed by atoms with E-state index in [0.29, 0.717) is 17.9 Å². The van der Waals surface area contributed by atoms with Crippen molar-refractivity contribution in [2.24, 2.45) is 0 Å². The predicted molar refractivity (Wildman–Crippen MR) is 134 cm³/mol. The number of likely N-dealkylation sites (tertiary alicyclic amines) is 2. The topological polar surface area (TPSA) is 82.5 Å². The van der Waals surface area contributed by atoms with Gasteiger partial charge in [-0.15, -0.1) is 0 Å². The lowest BCUT2D eigenvalue weighted by Gasteiger charge is -2.39. The number of ether oxygens (including phenoxy) is 2. The molecule has 0 aromatic heterocycles. The van der Waals surface area contributed by atoms with E-state index in [2.05, 4.69) is 4.90 Å². The molecule has 8 heteroatoms. The second-order valence-electron chi connectivity index (χ2n) is 10.0. The Kier molecular flexibility index (Phi) is 7.09. The second kappa shape index (κ2) is 10.2. The summed E-state index contributed by atoms with van der Waals surface area (Å²) in [7, 11) is 0. The molecule has 7 nitrogen and oxygen atoms in total. The van der Waals surface area contributed by atoms with Crippen molar-refractivity contribution < 1.29 is 24.5 Å². The molecule has 3 aliphatic rings. The van der Waals surface area contributed by atoms with Crippen LogP contribution in [-0.2, 0) is 6.42 Å². The largest absolute Gasteiger partial charge is 0.508 e. The van der Waals surface area contributed by atoms with E-state index in [0.717, 1.165) is 75.5 Å². The summed E-state index contributed by atoms with van der Waals surface area (Å²) in [6.45, 7) is 3.64. The summed E-state index contributed by atoms with van der Waals surface area (Å²) in [4.78, 5) is 17.0. The Balaban J connectivity index is 1.13. The maximum atomic E-state index is 13.0. The number of carbonyl (C=O) groups is 1. The quantitative estimate of drug-likeness (QED) is 0.626. The van der Waals surface area contributed by atoms with E-state index in [1.54, 1.807) is 6.07 Å². The summed E-state index contributed by atoms with van der Waals surface area (Å²) in [5, 5.41) is 21.3. The number of piperidine rings is 2. The first-order chi connectivity index (χ1) is 16.9. The molecule has 3 heterocycles. The highest BCUT2D eigenvalue weighted by Gasteiger charge is 2.42. The molecule has 188 valence electrons. The highest BCUT2D eigenvalue weighted by atomic mass is 35.5. The molecule has 1 amide bonds. The number of phenolic OH excluding ortho intramolecular Hbond substituents is 1. The molecule has 3 aliphatic heterocycles. The fraction of sp³-hybridized carbons (Fsp3) is 0.519. The summed E-state index contributed by atoms with van der Waals surface area (Å²) in [6.07, 6.45) is 5.06. The Bertz CT molecular complexity index is 1060. The Morgan fingerprint density at radius 1 is 1.09 bits per heavy atom. The average Bonchev–Trinajstić information content (AvgIpc) is 3.21. The van der Waals surface area contributed by atoms with Crippen molar-refractivity contribution in [3.05, 3.63) is 52.5 Å². The predicted octanol–water partition coefficient (Wildman–Crippen LogP) is 3.88. The third-order valence-electron chi connectivity index (χ3n) is 7.37. The second-order valence-corrected chi connectivity index (χ2v) is 10.4. The summed E-state index contributed by atoms with van der Waals surface area (Å²) < 4.78 is 12.2. The summed E-state index contributed by atoms with van der Waals surface area (Å²) in [6, 6.07) is 10.4. The van der Waals surface area contributed by atoms with Gasteiger partial charge in [0.2, 0.25) is 0 Å². The van der Waals surface area contributed by atoms with Gasteiger partial charge in [0.1, 0.15) is 35.6 Å². The fourth-order valence-corrected chi connectivity index (χ4v) is 5.63. The van der Waals surface area contributed by atoms with Crippen LogP contribution in [0.1, 0.15) is 48.0 Å². The van der Waals surface area contributed by atoms with E-state index >= 15 is 0 Å². The third kappa shape index (κ3) is 5.52. The molecular weight excluding hydrogens is 468 g/mol. The number of aliphatic hydroxyl groups is 1. The minimum atomic E-state index is -0.718. The number of rotatable bonds is 6. The number of aromatic hydroxyl groups is 1. The van der Waals surface area contributed by atoms with Crippen LogP contribution in [0.5, 0.6) is 17.2 Å². The Morgan fingerprint density at radius 3 is 2.63 bits per heavy atom. The number of aliphatic hydroxyl groups excluding tert-OH is 1. The number of hydrogen-bond acceptors (Lipinski definition) is 6. The van der Waals surface area contributed by atoms with Gasteiger partial charge in [-0.25, -0.2) is 0 Å². The first kappa shape index (κ1) is 24.2. The van der Waals surface area contributed by atoms with Gasteiger partial charge in [0.05, 0.1) is 5.56 Å². The van der Waals surface area contributed by atoms with E-state index in [1.165, 1.54) is 17.7 Å². The number of nitrogens with zero attached hydrogens (tertiary/aromatic N) is 2. The van der Waals surface area contributed by atoms with Crippen molar-refractivity contribution in [2.45, 2.75) is 50.2 Å². The molecule has 5 rings (SSSR count). The molecule has 0 aliphatic carbocycles. The monoisotopic (exact) mass is 500 g/mol. The van der Waals surface area contributed by atoms with E-state index < -0.39 is 6.10 Å². The standard InChI is InChI=1S/C27H33ClN2O5/c28-20-4-7-24-19(14-20)16-27(35-24)8-12-29(13-9-27)17-22(32)18-34-25-15-21(31)5-6-23(25)26(33)30-10-2-1-3-11-30/h4-7,14-15,22,31-32H,1-3,8-13,16-18H2/t22-/m1/s1. The van der Waals surface area contributed by atoms with Crippen molar-refractivity contribution in [3.8, 4) is 17.2 Å². The van der Waals surface area contributed by atoms with Gasteiger partial charge in [-0.2, -0.15) is 0 Å². The smallest absolute Gasteiger partial charge is 0.257 e. The molecule has 0 bridgehead atoms. The highest BCUT2D eigenvalue weighted by Crippen LogP contribution is 2.42. The van der Waals surface area contributed by atoms with Gasteiger partial charge in [-0.05, 0) is 55.2 Å². The number of hydrogen-bond donors (Lipinski definition) is 2. The Labute approximate surface area is 211 Å². The lowest BCUT2D eigenvalue weighted by Crippen LogP contribution is -2.49. The van der Waals surface area contributed by atoms with Crippen LogP contribution in [0.4, 0.5) is 0 Å². The molecule has 2 N–H and O–H groups in total. The van der Waals surface area contributed by atoms with Crippen molar-refractivity contribution >= 4 is 17.5 Å². The van der Waals surface area contributed by atoms with Gasteiger partial charge in [-0.1, -0.05) is 11.6 Å². The molecule has 0 saturated carbocycles. The molecule has 1 atom stereocenters. The number of carbonyl (C=O) groups excluding carboxylic acids is 1. The van der Waals surface area contributed by atoms with Gasteiger partial charge in [0, 0.05) is 63.1 Å².